The van der Waals surface area contributed by atoms with Gasteiger partial charge in [-0.15, -0.1) is 0 Å². The zero-order chi connectivity index (χ0) is 13.0. The summed E-state index contributed by atoms with van der Waals surface area (Å²) in [5.41, 5.74) is 0.498. The number of anilines is 1. The maximum Gasteiger partial charge on any atom is 0.311 e. The minimum absolute atomic E-state index is 0.00330. The second-order valence-electron chi connectivity index (χ2n) is 4.21. The summed E-state index contributed by atoms with van der Waals surface area (Å²) in [6.07, 6.45) is 4.80. The first-order chi connectivity index (χ1) is 8.68. The molecule has 0 bridgehead atoms. The molecule has 0 aliphatic carbocycles. The molecule has 0 spiro atoms. The normalized spacial score (nSPS) is 16.5. The van der Waals surface area contributed by atoms with Crippen LogP contribution in [-0.2, 0) is 4.74 Å². The summed E-state index contributed by atoms with van der Waals surface area (Å²) in [6, 6.07) is 0. The number of hydrogen-bond donors (Lipinski definition) is 1. The third kappa shape index (κ3) is 3.17. The fraction of sp³-hybridized carbons (Fsp3) is 0.545. The molecule has 0 amide bonds. The van der Waals surface area contributed by atoms with Crippen LogP contribution >= 0.6 is 15.9 Å². The summed E-state index contributed by atoms with van der Waals surface area (Å²) < 4.78 is 5.90. The summed E-state index contributed by atoms with van der Waals surface area (Å²) in [7, 11) is 0. The highest BCUT2D eigenvalue weighted by Crippen LogP contribution is 2.31. The Morgan fingerprint density at radius 3 is 2.89 bits per heavy atom. The van der Waals surface area contributed by atoms with E-state index < -0.39 is 4.92 Å². The fourth-order valence-electron chi connectivity index (χ4n) is 1.94. The molecular weight excluding hydrogens is 302 g/mol. The second kappa shape index (κ2) is 6.10. The Bertz CT molecular complexity index is 436. The first kappa shape index (κ1) is 13.2. The van der Waals surface area contributed by atoms with Crippen LogP contribution in [0.4, 0.5) is 11.4 Å². The molecule has 1 aliphatic rings. The van der Waals surface area contributed by atoms with Crippen LogP contribution in [0, 0.1) is 16.0 Å². The van der Waals surface area contributed by atoms with Crippen molar-refractivity contribution in [2.45, 2.75) is 12.8 Å². The van der Waals surface area contributed by atoms with Gasteiger partial charge in [0.1, 0.15) is 11.9 Å². The maximum atomic E-state index is 10.9. The van der Waals surface area contributed by atoms with Gasteiger partial charge in [0.2, 0.25) is 0 Å². The molecule has 0 aromatic carbocycles. The van der Waals surface area contributed by atoms with Crippen molar-refractivity contribution in [2.75, 3.05) is 25.1 Å². The number of rotatable bonds is 4. The van der Waals surface area contributed by atoms with Gasteiger partial charge in [0, 0.05) is 26.0 Å². The number of pyridine rings is 1. The van der Waals surface area contributed by atoms with Gasteiger partial charge >= 0.3 is 5.69 Å². The highest BCUT2D eigenvalue weighted by molar-refractivity contribution is 9.10. The molecule has 2 heterocycles. The lowest BCUT2D eigenvalue weighted by molar-refractivity contribution is -0.384. The highest BCUT2D eigenvalue weighted by Gasteiger charge is 2.19. The van der Waals surface area contributed by atoms with Crippen molar-refractivity contribution in [3.63, 3.8) is 0 Å². The molecule has 0 radical (unpaired) electrons. The molecule has 2 rings (SSSR count). The van der Waals surface area contributed by atoms with E-state index in [1.54, 1.807) is 6.20 Å². The van der Waals surface area contributed by atoms with Crippen LogP contribution in [0.25, 0.3) is 0 Å². The molecule has 18 heavy (non-hydrogen) atoms. The van der Waals surface area contributed by atoms with Crippen LogP contribution < -0.4 is 5.32 Å². The lowest BCUT2D eigenvalue weighted by atomic mass is 10.0. The smallest absolute Gasteiger partial charge is 0.311 e. The van der Waals surface area contributed by atoms with Crippen molar-refractivity contribution in [3.8, 4) is 0 Å². The van der Waals surface area contributed by atoms with Crippen LogP contribution in [0.1, 0.15) is 12.8 Å². The Labute approximate surface area is 113 Å². The fourth-order valence-corrected chi connectivity index (χ4v) is 2.40. The van der Waals surface area contributed by atoms with Gasteiger partial charge in [0.05, 0.1) is 9.40 Å². The summed E-state index contributed by atoms with van der Waals surface area (Å²) in [4.78, 5) is 14.3. The van der Waals surface area contributed by atoms with E-state index in [2.05, 4.69) is 26.2 Å². The van der Waals surface area contributed by atoms with Crippen LogP contribution in [0.3, 0.4) is 0 Å². The summed E-state index contributed by atoms with van der Waals surface area (Å²) in [6.45, 7) is 2.25. The van der Waals surface area contributed by atoms with Crippen molar-refractivity contribution in [3.05, 3.63) is 27.0 Å². The second-order valence-corrected chi connectivity index (χ2v) is 5.06. The van der Waals surface area contributed by atoms with Crippen LogP contribution in [0.2, 0.25) is 0 Å². The Morgan fingerprint density at radius 1 is 1.50 bits per heavy atom. The van der Waals surface area contributed by atoms with E-state index in [0.29, 0.717) is 22.6 Å². The van der Waals surface area contributed by atoms with Gasteiger partial charge in [-0.05, 0) is 34.7 Å². The van der Waals surface area contributed by atoms with Crippen molar-refractivity contribution >= 4 is 27.3 Å². The number of ether oxygens (including phenoxy) is 1. The molecule has 1 fully saturated rings. The van der Waals surface area contributed by atoms with Crippen LogP contribution in [0.5, 0.6) is 0 Å². The van der Waals surface area contributed by atoms with Crippen molar-refractivity contribution in [1.82, 2.24) is 4.98 Å². The molecule has 0 atom stereocenters. The number of nitrogens with zero attached hydrogens (tertiary/aromatic N) is 2. The standard InChI is InChI=1S/C11H14BrN3O3/c12-9-6-13-7-10(15(16)17)11(9)14-5-8-1-3-18-4-2-8/h6-8H,1-5H2,(H,13,14). The predicted molar refractivity (Wildman–Crippen MR) is 70.6 cm³/mol. The minimum Gasteiger partial charge on any atom is -0.381 e. The largest absolute Gasteiger partial charge is 0.381 e. The molecule has 7 heteroatoms. The van der Waals surface area contributed by atoms with Crippen LogP contribution in [-0.4, -0.2) is 29.7 Å². The van der Waals surface area contributed by atoms with E-state index in [-0.39, 0.29) is 5.69 Å². The average molecular weight is 316 g/mol. The lowest BCUT2D eigenvalue weighted by Crippen LogP contribution is -2.23. The van der Waals surface area contributed by atoms with Gasteiger partial charge in [0.25, 0.3) is 0 Å². The Balaban J connectivity index is 2.05. The monoisotopic (exact) mass is 315 g/mol. The van der Waals surface area contributed by atoms with E-state index in [4.69, 9.17) is 4.74 Å². The molecule has 1 N–H and O–H groups in total. The topological polar surface area (TPSA) is 77.3 Å². The predicted octanol–water partition coefficient (Wildman–Crippen LogP) is 2.59. The number of nitro groups is 1. The van der Waals surface area contributed by atoms with E-state index in [9.17, 15) is 10.1 Å². The molecule has 6 nitrogen and oxygen atoms in total. The molecule has 1 aromatic rings. The maximum absolute atomic E-state index is 10.9. The van der Waals surface area contributed by atoms with E-state index in [1.165, 1.54) is 6.20 Å². The zero-order valence-corrected chi connectivity index (χ0v) is 11.4. The number of aromatic nitrogens is 1. The van der Waals surface area contributed by atoms with Gasteiger partial charge in [-0.1, -0.05) is 0 Å². The van der Waals surface area contributed by atoms with Gasteiger partial charge in [-0.3, -0.25) is 15.1 Å². The lowest BCUT2D eigenvalue weighted by Gasteiger charge is -2.22. The van der Waals surface area contributed by atoms with Gasteiger partial charge < -0.3 is 10.1 Å². The Kier molecular flexibility index (Phi) is 4.48. The molecule has 0 unspecified atom stereocenters. The molecule has 1 aromatic heterocycles. The molecule has 1 aliphatic heterocycles. The number of halogens is 1. The van der Waals surface area contributed by atoms with Crippen molar-refractivity contribution < 1.29 is 9.66 Å². The SMILES string of the molecule is O=[N+]([O-])c1cncc(Br)c1NCC1CCOCC1. The number of nitrogens with one attached hydrogen (secondary N) is 1. The van der Waals surface area contributed by atoms with Gasteiger partial charge in [-0.25, -0.2) is 0 Å². The highest BCUT2D eigenvalue weighted by atomic mass is 79.9. The quantitative estimate of drug-likeness (QED) is 0.682. The van der Waals surface area contributed by atoms with Crippen LogP contribution in [0.15, 0.2) is 16.9 Å². The van der Waals surface area contributed by atoms with Gasteiger partial charge in [-0.2, -0.15) is 0 Å². The third-order valence-electron chi connectivity index (χ3n) is 2.98. The summed E-state index contributed by atoms with van der Waals surface area (Å²) in [5.74, 6) is 0.499. The molecule has 0 saturated carbocycles. The van der Waals surface area contributed by atoms with E-state index >= 15 is 0 Å². The summed E-state index contributed by atoms with van der Waals surface area (Å²) >= 11 is 3.29. The average Bonchev–Trinajstić information content (AvgIpc) is 2.38. The van der Waals surface area contributed by atoms with E-state index in [0.717, 1.165) is 26.1 Å². The third-order valence-corrected chi connectivity index (χ3v) is 3.59. The van der Waals surface area contributed by atoms with E-state index in [1.807, 2.05) is 0 Å². The number of hydrogen-bond acceptors (Lipinski definition) is 5. The minimum atomic E-state index is -0.427. The van der Waals surface area contributed by atoms with Gasteiger partial charge in [0.15, 0.2) is 0 Å². The first-order valence-corrected chi connectivity index (χ1v) is 6.57. The van der Waals surface area contributed by atoms with Crippen molar-refractivity contribution in [2.24, 2.45) is 5.92 Å². The molecule has 98 valence electrons. The Hall–Kier alpha value is -1.21. The Morgan fingerprint density at radius 2 is 2.22 bits per heavy atom. The summed E-state index contributed by atoms with van der Waals surface area (Å²) in [5, 5.41) is 14.1. The first-order valence-electron chi connectivity index (χ1n) is 5.78. The molecule has 1 saturated heterocycles. The van der Waals surface area contributed by atoms with Crippen molar-refractivity contribution in [1.29, 1.82) is 0 Å². The molecular formula is C11H14BrN3O3. The zero-order valence-electron chi connectivity index (χ0n) is 9.76.